The molecule has 28 aromatic rings. The first-order valence-corrected chi connectivity index (χ1v) is 47.9. The molecule has 0 aliphatic carbocycles. The van der Waals surface area contributed by atoms with Crippen LogP contribution in [0, 0.1) is 34.0 Å². The minimum atomic E-state index is 0.508. The predicted molar refractivity (Wildman–Crippen MR) is 578 cm³/mol. The molecule has 0 amide bonds. The fourth-order valence-electron chi connectivity index (χ4n) is 19.9. The zero-order chi connectivity index (χ0) is 95.8. The number of hydrogen-bond donors (Lipinski definition) is 0. The Morgan fingerprint density at radius 2 is 0.479 bits per heavy atom. The van der Waals surface area contributed by atoms with Crippen molar-refractivity contribution in [1.29, 1.82) is 15.8 Å². The predicted octanol–water partition coefficient (Wildman–Crippen LogP) is 31.4. The van der Waals surface area contributed by atoms with Gasteiger partial charge < -0.3 is 22.5 Å². The van der Waals surface area contributed by atoms with E-state index in [0.29, 0.717) is 69.1 Å². The number of fused-ring (bicyclic) bond motifs is 21. The van der Waals surface area contributed by atoms with Crippen molar-refractivity contribution in [3.05, 3.63) is 460 Å². The molecule has 28 rings (SSSR count). The molecule has 0 N–H and O–H groups in total. The third-order valence-electron chi connectivity index (χ3n) is 26.6. The van der Waals surface area contributed by atoms with Gasteiger partial charge in [0.1, 0.15) is 11.2 Å². The molecule has 670 valence electrons. The van der Waals surface area contributed by atoms with E-state index in [-0.39, 0.29) is 0 Å². The topological polar surface area (TPSA) is 228 Å². The highest BCUT2D eigenvalue weighted by Gasteiger charge is 2.26. The second-order valence-electron chi connectivity index (χ2n) is 35.2. The number of thiophene rings is 1. The maximum absolute atomic E-state index is 9.56. The van der Waals surface area contributed by atoms with Crippen molar-refractivity contribution in [2.24, 2.45) is 0 Å². The molecule has 144 heavy (non-hydrogen) atoms. The normalized spacial score (nSPS) is 11.5. The Labute approximate surface area is 826 Å². The molecule has 0 radical (unpaired) electrons. The number of furan rings is 2. The van der Waals surface area contributed by atoms with E-state index in [9.17, 15) is 15.8 Å². The lowest BCUT2D eigenvalue weighted by molar-refractivity contribution is 0.670. The van der Waals surface area contributed by atoms with E-state index >= 15 is 0 Å². The van der Waals surface area contributed by atoms with Crippen LogP contribution in [0.1, 0.15) is 16.7 Å². The lowest BCUT2D eigenvalue weighted by atomic mass is 10.0. The highest BCUT2D eigenvalue weighted by atomic mass is 32.1. The Kier molecular flexibility index (Phi) is 20.8. The van der Waals surface area contributed by atoms with Gasteiger partial charge in [-0.05, 0) is 175 Å². The molecule has 0 bridgehead atoms. The van der Waals surface area contributed by atoms with Gasteiger partial charge >= 0.3 is 0 Å². The van der Waals surface area contributed by atoms with E-state index in [2.05, 4.69) is 262 Å². The van der Waals surface area contributed by atoms with E-state index < -0.39 is 0 Å². The number of nitrogens with zero attached hydrogens (tertiary/aromatic N) is 15. The van der Waals surface area contributed by atoms with Gasteiger partial charge in [-0.15, -0.1) is 11.3 Å². The molecule has 0 fully saturated rings. The molecule has 0 aliphatic heterocycles. The molecular weight excluding hydrogens is 1790 g/mol. The second-order valence-corrected chi connectivity index (χ2v) is 36.2. The highest BCUT2D eigenvalue weighted by Crippen LogP contribution is 2.47. The molecule has 0 aliphatic rings. The minimum Gasteiger partial charge on any atom is -0.454 e. The lowest BCUT2D eigenvalue weighted by Gasteiger charge is -2.11. The van der Waals surface area contributed by atoms with Crippen LogP contribution < -0.4 is 0 Å². The zero-order valence-corrected chi connectivity index (χ0v) is 77.4. The van der Waals surface area contributed by atoms with Gasteiger partial charge in [0, 0.05) is 136 Å². The van der Waals surface area contributed by atoms with Gasteiger partial charge in [0.15, 0.2) is 63.6 Å². The van der Waals surface area contributed by atoms with E-state index in [4.69, 9.17) is 53.7 Å². The number of nitriles is 3. The molecule has 17 nitrogen and oxygen atoms in total. The summed E-state index contributed by atoms with van der Waals surface area (Å²) in [6.45, 7) is 0. The second kappa shape index (κ2) is 35.5. The standard InChI is InChI=1S/C46H27N5O.C40H23N5O.C40H23N5S/c47-28-29-10-9-15-34(26-29)46-49-44(31-13-5-2-6-14-31)48-45(50-46)32-18-21-35(22-19-32)51-40-25-20-33(30-11-3-1-4-12-30)27-39(40)37-23-24-38-36-16-7-8-17-41(36)52-43(38)42(37)51;2*41-24-25-9-8-12-28(23-25)40-43-38(26-10-2-1-3-11-26)42-39(44-40)27-17-19-29(20-18-27)45-34-15-6-4-13-30(34)32-21-22-33-31-14-5-7-16-35(31)46-37(33)36(32)45/h1-27H;2*1-23H. The summed E-state index contributed by atoms with van der Waals surface area (Å²) >= 11 is 1.85. The van der Waals surface area contributed by atoms with Gasteiger partial charge in [0.05, 0.1) is 72.7 Å². The molecule has 19 aromatic carbocycles. The fraction of sp³-hybridized carbons (Fsp3) is 0. The zero-order valence-electron chi connectivity index (χ0n) is 76.6. The molecule has 0 spiro atoms. The molecule has 0 atom stereocenters. The molecule has 9 aromatic heterocycles. The third-order valence-corrected chi connectivity index (χ3v) is 27.8. The number of benzene rings is 19. The largest absolute Gasteiger partial charge is 0.454 e. The van der Waals surface area contributed by atoms with Crippen LogP contribution in [0.15, 0.2) is 452 Å². The van der Waals surface area contributed by atoms with Gasteiger partial charge in [-0.1, -0.05) is 279 Å². The van der Waals surface area contributed by atoms with E-state index in [1.807, 2.05) is 193 Å². The van der Waals surface area contributed by atoms with Crippen molar-refractivity contribution >= 4 is 141 Å². The summed E-state index contributed by atoms with van der Waals surface area (Å²) < 4.78 is 22.7. The van der Waals surface area contributed by atoms with E-state index in [1.165, 1.54) is 47.5 Å². The fourth-order valence-corrected chi connectivity index (χ4v) is 21.1. The molecule has 0 saturated carbocycles. The molecular formula is C126H73N15O2S. The Bertz CT molecular complexity index is 9770. The highest BCUT2D eigenvalue weighted by molar-refractivity contribution is 7.26. The van der Waals surface area contributed by atoms with Gasteiger partial charge in [-0.2, -0.15) is 15.8 Å². The van der Waals surface area contributed by atoms with Crippen molar-refractivity contribution in [2.75, 3.05) is 0 Å². The number of aromatic nitrogens is 12. The van der Waals surface area contributed by atoms with Crippen molar-refractivity contribution in [2.45, 2.75) is 0 Å². The van der Waals surface area contributed by atoms with Crippen LogP contribution in [0.2, 0.25) is 0 Å². The smallest absolute Gasteiger partial charge is 0.164 e. The Morgan fingerprint density at radius 3 is 0.875 bits per heavy atom. The summed E-state index contributed by atoms with van der Waals surface area (Å²) in [6.07, 6.45) is 0. The van der Waals surface area contributed by atoms with Gasteiger partial charge in [0.2, 0.25) is 0 Å². The Morgan fingerprint density at radius 1 is 0.194 bits per heavy atom. The van der Waals surface area contributed by atoms with Crippen LogP contribution in [-0.4, -0.2) is 58.6 Å². The van der Waals surface area contributed by atoms with Crippen LogP contribution in [0.25, 0.3) is 260 Å². The first-order valence-electron chi connectivity index (χ1n) is 47.1. The first-order chi connectivity index (χ1) is 71.2. The van der Waals surface area contributed by atoms with Crippen LogP contribution in [0.4, 0.5) is 0 Å². The third kappa shape index (κ3) is 15.0. The summed E-state index contributed by atoms with van der Waals surface area (Å²) in [6, 6.07) is 156. The monoisotopic (exact) mass is 1860 g/mol. The summed E-state index contributed by atoms with van der Waals surface area (Å²) in [7, 11) is 0. The van der Waals surface area contributed by atoms with Crippen LogP contribution in [-0.2, 0) is 0 Å². The average Bonchev–Trinajstić information content (AvgIpc) is 1.57. The Balaban J connectivity index is 0.000000110. The Hall–Kier alpha value is -20.1. The van der Waals surface area contributed by atoms with Crippen LogP contribution in [0.3, 0.4) is 0 Å². The molecule has 0 unspecified atom stereocenters. The average molecular weight is 1860 g/mol. The number of rotatable bonds is 13. The SMILES string of the molecule is N#Cc1cccc(-c2nc(-c3ccccc3)nc(-c3ccc(-n4c5ccc(-c6ccccc6)cc5c5ccc6c7ccccc7oc6c54)cc3)n2)c1.N#Cc1cccc(-c2nc(-c3ccccc3)nc(-c3ccc(-n4c5ccccc5c5ccc6c7ccccc7oc6c54)cc3)n2)c1.N#Cc1cccc(-c2nc(-c3ccccc3)nc(-c3ccc(-n4c5ccccc5c5ccc6c7ccccc7sc6c54)cc3)n2)c1. The minimum absolute atomic E-state index is 0.508. The van der Waals surface area contributed by atoms with Crippen LogP contribution >= 0.6 is 11.3 Å². The van der Waals surface area contributed by atoms with E-state index in [0.717, 1.165) is 160 Å². The van der Waals surface area contributed by atoms with Crippen molar-refractivity contribution < 1.29 is 8.83 Å². The molecule has 9 heterocycles. The van der Waals surface area contributed by atoms with Gasteiger partial charge in [0.25, 0.3) is 0 Å². The maximum Gasteiger partial charge on any atom is 0.164 e. The van der Waals surface area contributed by atoms with Crippen molar-refractivity contribution in [3.63, 3.8) is 0 Å². The van der Waals surface area contributed by atoms with Crippen LogP contribution in [0.5, 0.6) is 0 Å². The summed E-state index contributed by atoms with van der Waals surface area (Å²) in [5, 5.41) is 42.5. The number of para-hydroxylation sites is 4. The van der Waals surface area contributed by atoms with Gasteiger partial charge in [-0.3, -0.25) is 0 Å². The van der Waals surface area contributed by atoms with E-state index in [1.54, 1.807) is 30.3 Å². The van der Waals surface area contributed by atoms with Crippen molar-refractivity contribution in [1.82, 2.24) is 58.6 Å². The van der Waals surface area contributed by atoms with Crippen molar-refractivity contribution in [3.8, 4) is 149 Å². The quantitative estimate of drug-likeness (QED) is 0.105. The maximum atomic E-state index is 9.56. The first kappa shape index (κ1) is 84.4. The summed E-state index contributed by atoms with van der Waals surface area (Å²) in [5.41, 5.74) is 24.7. The summed E-state index contributed by atoms with van der Waals surface area (Å²) in [5.74, 6) is 4.95. The van der Waals surface area contributed by atoms with Gasteiger partial charge in [-0.25, -0.2) is 44.9 Å². The molecule has 0 saturated heterocycles. The lowest BCUT2D eigenvalue weighted by Crippen LogP contribution is -2.01. The summed E-state index contributed by atoms with van der Waals surface area (Å²) in [4.78, 5) is 43.9. The number of hydrogen-bond acceptors (Lipinski definition) is 15. The molecule has 18 heteroatoms.